The molecule has 2 atom stereocenters. The molecule has 0 saturated heterocycles. The Morgan fingerprint density at radius 2 is 1.80 bits per heavy atom. The van der Waals surface area contributed by atoms with Crippen molar-refractivity contribution in [1.82, 2.24) is 10.6 Å². The first-order chi connectivity index (χ1) is 9.10. The Labute approximate surface area is 138 Å². The highest BCUT2D eigenvalue weighted by Crippen LogP contribution is 2.27. The molecule has 5 heteroatoms. The zero-order valence-corrected chi connectivity index (χ0v) is 15.7. The smallest absolute Gasteiger partial charge is 0.237 e. The molecule has 0 aliphatic rings. The molecule has 1 aromatic rings. The lowest BCUT2D eigenvalue weighted by Crippen LogP contribution is -2.50. The Morgan fingerprint density at radius 3 is 2.30 bits per heavy atom. The van der Waals surface area contributed by atoms with Crippen molar-refractivity contribution in [2.45, 2.75) is 52.2 Å². The quantitative estimate of drug-likeness (QED) is 0.789. The molecule has 0 heterocycles. The minimum absolute atomic E-state index is 0.0117. The largest absolute Gasteiger partial charge is 0.350 e. The third-order valence-corrected chi connectivity index (χ3v) is 4.00. The molecule has 1 aromatic carbocycles. The van der Waals surface area contributed by atoms with Gasteiger partial charge in [-0.1, -0.05) is 37.9 Å². The monoisotopic (exact) mass is 404 g/mol. The van der Waals surface area contributed by atoms with Crippen molar-refractivity contribution in [3.05, 3.63) is 32.7 Å². The van der Waals surface area contributed by atoms with Gasteiger partial charge in [-0.3, -0.25) is 10.1 Å². The van der Waals surface area contributed by atoms with E-state index in [0.29, 0.717) is 0 Å². The molecule has 20 heavy (non-hydrogen) atoms. The van der Waals surface area contributed by atoms with Gasteiger partial charge in [0.2, 0.25) is 5.91 Å². The Balaban J connectivity index is 2.70. The number of carbonyl (C=O) groups excluding carboxylic acids is 1. The summed E-state index contributed by atoms with van der Waals surface area (Å²) in [5.74, 6) is 0.0117. The lowest BCUT2D eigenvalue weighted by atomic mass is 10.1. The molecule has 2 unspecified atom stereocenters. The molecule has 1 amide bonds. The molecule has 0 spiro atoms. The lowest BCUT2D eigenvalue weighted by molar-refractivity contribution is -0.124. The summed E-state index contributed by atoms with van der Waals surface area (Å²) in [4.78, 5) is 12.1. The molecule has 3 nitrogen and oxygen atoms in total. The van der Waals surface area contributed by atoms with Crippen LogP contribution in [-0.4, -0.2) is 17.5 Å². The summed E-state index contributed by atoms with van der Waals surface area (Å²) in [5, 5.41) is 6.30. The normalized spacial score (nSPS) is 14.8. The van der Waals surface area contributed by atoms with Crippen LogP contribution >= 0.6 is 31.9 Å². The molecule has 2 N–H and O–H groups in total. The van der Waals surface area contributed by atoms with Crippen LogP contribution in [0.15, 0.2) is 27.1 Å². The number of hydrogen-bond acceptors (Lipinski definition) is 2. The summed E-state index contributed by atoms with van der Waals surface area (Å²) in [6, 6.07) is 5.88. The number of amides is 1. The van der Waals surface area contributed by atoms with Crippen LogP contribution in [0.2, 0.25) is 0 Å². The van der Waals surface area contributed by atoms with Crippen molar-refractivity contribution >= 4 is 37.8 Å². The Hall–Kier alpha value is -0.390. The van der Waals surface area contributed by atoms with E-state index in [1.54, 1.807) is 0 Å². The summed E-state index contributed by atoms with van der Waals surface area (Å²) < 4.78 is 2.05. The van der Waals surface area contributed by atoms with E-state index in [1.165, 1.54) is 0 Å². The molecule has 0 bridgehead atoms. The summed E-state index contributed by atoms with van der Waals surface area (Å²) in [5.41, 5.74) is 0.915. The number of benzene rings is 1. The summed E-state index contributed by atoms with van der Waals surface area (Å²) >= 11 is 6.99. The number of hydrogen-bond donors (Lipinski definition) is 2. The molecule has 0 aromatic heterocycles. The van der Waals surface area contributed by atoms with Gasteiger partial charge in [-0.15, -0.1) is 0 Å². The summed E-state index contributed by atoms with van der Waals surface area (Å²) in [7, 11) is 0. The van der Waals surface area contributed by atoms with E-state index in [0.717, 1.165) is 14.5 Å². The van der Waals surface area contributed by atoms with Gasteiger partial charge in [-0.2, -0.15) is 0 Å². The first kappa shape index (κ1) is 17.7. The van der Waals surface area contributed by atoms with Crippen molar-refractivity contribution in [3.8, 4) is 0 Å². The van der Waals surface area contributed by atoms with Crippen molar-refractivity contribution < 1.29 is 4.79 Å². The van der Waals surface area contributed by atoms with Crippen molar-refractivity contribution in [2.24, 2.45) is 0 Å². The van der Waals surface area contributed by atoms with Crippen LogP contribution in [0.25, 0.3) is 0 Å². The maximum atomic E-state index is 12.1. The van der Waals surface area contributed by atoms with Crippen molar-refractivity contribution in [1.29, 1.82) is 0 Å². The average Bonchev–Trinajstić information content (AvgIpc) is 2.26. The van der Waals surface area contributed by atoms with Gasteiger partial charge in [-0.25, -0.2) is 0 Å². The maximum Gasteiger partial charge on any atom is 0.237 e. The topological polar surface area (TPSA) is 41.1 Å². The molecule has 112 valence electrons. The van der Waals surface area contributed by atoms with Gasteiger partial charge in [0, 0.05) is 20.5 Å². The Morgan fingerprint density at radius 1 is 1.20 bits per heavy atom. The molecule has 0 saturated carbocycles. The molecule has 0 aliphatic heterocycles. The van der Waals surface area contributed by atoms with Gasteiger partial charge < -0.3 is 5.32 Å². The van der Waals surface area contributed by atoms with Gasteiger partial charge in [0.1, 0.15) is 0 Å². The minimum Gasteiger partial charge on any atom is -0.350 e. The van der Waals surface area contributed by atoms with E-state index in [1.807, 2.05) is 45.9 Å². The molecular formula is C15H22Br2N2O. The van der Waals surface area contributed by atoms with Gasteiger partial charge in [0.05, 0.1) is 6.04 Å². The van der Waals surface area contributed by atoms with E-state index in [-0.39, 0.29) is 23.5 Å². The fourth-order valence-corrected chi connectivity index (χ4v) is 3.26. The SMILES string of the molecule is CC(NC(C)c1ccc(Br)cc1Br)C(=O)NC(C)(C)C. The second-order valence-corrected chi connectivity index (χ2v) is 7.79. The van der Waals surface area contributed by atoms with Crippen LogP contribution in [0.5, 0.6) is 0 Å². The van der Waals surface area contributed by atoms with Gasteiger partial charge >= 0.3 is 0 Å². The van der Waals surface area contributed by atoms with Crippen LogP contribution < -0.4 is 10.6 Å². The number of carbonyl (C=O) groups is 1. The standard InChI is InChI=1S/C15H22Br2N2O/c1-9(12-7-6-11(16)8-13(12)17)18-10(2)14(20)19-15(3,4)5/h6-10,18H,1-5H3,(H,19,20). The zero-order valence-electron chi connectivity index (χ0n) is 12.6. The van der Waals surface area contributed by atoms with E-state index >= 15 is 0 Å². The van der Waals surface area contributed by atoms with Crippen LogP contribution in [0.3, 0.4) is 0 Å². The molecule has 0 aliphatic carbocycles. The Bertz CT molecular complexity index is 483. The predicted molar refractivity (Wildman–Crippen MR) is 90.8 cm³/mol. The molecule has 0 fully saturated rings. The molecule has 0 radical (unpaired) electrons. The van der Waals surface area contributed by atoms with E-state index in [9.17, 15) is 4.79 Å². The highest BCUT2D eigenvalue weighted by Gasteiger charge is 2.21. The number of rotatable bonds is 4. The van der Waals surface area contributed by atoms with E-state index in [2.05, 4.69) is 49.4 Å². The third kappa shape index (κ3) is 5.54. The highest BCUT2D eigenvalue weighted by molar-refractivity contribution is 9.11. The van der Waals surface area contributed by atoms with Crippen LogP contribution in [-0.2, 0) is 4.79 Å². The summed E-state index contributed by atoms with van der Waals surface area (Å²) in [6.07, 6.45) is 0. The van der Waals surface area contributed by atoms with E-state index in [4.69, 9.17) is 0 Å². The molecular weight excluding hydrogens is 384 g/mol. The van der Waals surface area contributed by atoms with Gasteiger partial charge in [0.25, 0.3) is 0 Å². The second-order valence-electron chi connectivity index (χ2n) is 6.02. The van der Waals surface area contributed by atoms with Crippen LogP contribution in [0, 0.1) is 0 Å². The zero-order chi connectivity index (χ0) is 15.5. The van der Waals surface area contributed by atoms with Crippen molar-refractivity contribution in [2.75, 3.05) is 0 Å². The first-order valence-corrected chi connectivity index (χ1v) is 8.22. The maximum absolute atomic E-state index is 12.1. The lowest BCUT2D eigenvalue weighted by Gasteiger charge is -2.26. The Kier molecular flexibility index (Phi) is 6.23. The number of halogens is 2. The van der Waals surface area contributed by atoms with Crippen LogP contribution in [0.4, 0.5) is 0 Å². The average molecular weight is 406 g/mol. The minimum atomic E-state index is -0.250. The van der Waals surface area contributed by atoms with E-state index < -0.39 is 0 Å². The number of nitrogens with one attached hydrogen (secondary N) is 2. The third-order valence-electron chi connectivity index (χ3n) is 2.82. The van der Waals surface area contributed by atoms with Crippen molar-refractivity contribution in [3.63, 3.8) is 0 Å². The highest BCUT2D eigenvalue weighted by atomic mass is 79.9. The predicted octanol–water partition coefficient (Wildman–Crippen LogP) is 4.17. The van der Waals surface area contributed by atoms with Gasteiger partial charge in [-0.05, 0) is 52.3 Å². The second kappa shape index (κ2) is 7.05. The molecule has 1 rings (SSSR count). The fraction of sp³-hybridized carbons (Fsp3) is 0.533. The summed E-state index contributed by atoms with van der Waals surface area (Å²) in [6.45, 7) is 9.87. The fourth-order valence-electron chi connectivity index (χ4n) is 1.87. The van der Waals surface area contributed by atoms with Gasteiger partial charge in [0.15, 0.2) is 0 Å². The first-order valence-electron chi connectivity index (χ1n) is 6.63. The van der Waals surface area contributed by atoms with Crippen LogP contribution in [0.1, 0.15) is 46.2 Å².